The number of benzene rings is 1. The Morgan fingerprint density at radius 3 is 2.29 bits per heavy atom. The molecular weight excluding hydrogens is 318 g/mol. The van der Waals surface area contributed by atoms with Crippen molar-refractivity contribution in [3.8, 4) is 5.75 Å². The lowest BCUT2D eigenvalue weighted by Crippen LogP contribution is -2.52. The Morgan fingerprint density at radius 2 is 1.79 bits per heavy atom. The quantitative estimate of drug-likeness (QED) is 0.330. The Bertz CT molecular complexity index is 587. The summed E-state index contributed by atoms with van der Waals surface area (Å²) < 4.78 is 0. The molecule has 9 nitrogen and oxygen atoms in total. The number of nitrogens with two attached hydrogens (primary N) is 1. The highest BCUT2D eigenvalue weighted by Gasteiger charge is 2.25. The molecule has 0 aliphatic carbocycles. The van der Waals surface area contributed by atoms with E-state index in [-0.39, 0.29) is 12.2 Å². The molecule has 24 heavy (non-hydrogen) atoms. The van der Waals surface area contributed by atoms with Crippen molar-refractivity contribution >= 4 is 17.8 Å². The summed E-state index contributed by atoms with van der Waals surface area (Å²) in [5.74, 6) is -2.62. The van der Waals surface area contributed by atoms with E-state index in [4.69, 9.17) is 10.8 Å². The summed E-state index contributed by atoms with van der Waals surface area (Å²) in [6.07, 6.45) is -1.07. The normalized spacial score (nSPS) is 14.3. The maximum absolute atomic E-state index is 11.8. The van der Waals surface area contributed by atoms with Crippen LogP contribution in [-0.4, -0.2) is 57.8 Å². The lowest BCUT2D eigenvalue weighted by atomic mass is 10.1. The molecule has 0 aromatic heterocycles. The molecule has 0 aliphatic rings. The number of carbonyl (C=O) groups is 3. The number of phenolic OH excluding ortho intramolecular Hbond substituents is 1. The van der Waals surface area contributed by atoms with Crippen molar-refractivity contribution in [1.82, 2.24) is 10.6 Å². The van der Waals surface area contributed by atoms with Crippen LogP contribution in [0.1, 0.15) is 12.5 Å². The predicted molar refractivity (Wildman–Crippen MR) is 84.0 cm³/mol. The number of rotatable bonds is 8. The lowest BCUT2D eigenvalue weighted by Gasteiger charge is -2.17. The van der Waals surface area contributed by atoms with Gasteiger partial charge in [0, 0.05) is 0 Å². The minimum atomic E-state index is -1.46. The van der Waals surface area contributed by atoms with Gasteiger partial charge in [0.05, 0.1) is 18.7 Å². The third kappa shape index (κ3) is 6.23. The summed E-state index contributed by atoms with van der Waals surface area (Å²) >= 11 is 0. The van der Waals surface area contributed by atoms with Crippen LogP contribution in [0.25, 0.3) is 0 Å². The molecule has 132 valence electrons. The van der Waals surface area contributed by atoms with Crippen molar-refractivity contribution < 1.29 is 29.7 Å². The van der Waals surface area contributed by atoms with Gasteiger partial charge in [-0.15, -0.1) is 0 Å². The second-order valence-electron chi connectivity index (χ2n) is 5.32. The Balaban J connectivity index is 2.45. The van der Waals surface area contributed by atoms with Crippen LogP contribution in [0.4, 0.5) is 0 Å². The Kier molecular flexibility index (Phi) is 7.15. The average Bonchev–Trinajstić information content (AvgIpc) is 2.51. The molecule has 7 N–H and O–H groups in total. The first kappa shape index (κ1) is 19.4. The van der Waals surface area contributed by atoms with E-state index in [1.165, 1.54) is 19.1 Å². The van der Waals surface area contributed by atoms with Gasteiger partial charge in [-0.2, -0.15) is 0 Å². The first-order valence-electron chi connectivity index (χ1n) is 7.22. The van der Waals surface area contributed by atoms with Crippen molar-refractivity contribution in [2.24, 2.45) is 5.73 Å². The average molecular weight is 339 g/mol. The molecule has 0 radical (unpaired) electrons. The predicted octanol–water partition coefficient (Wildman–Crippen LogP) is -1.67. The zero-order chi connectivity index (χ0) is 18.3. The van der Waals surface area contributed by atoms with E-state index in [0.717, 1.165) is 5.56 Å². The van der Waals surface area contributed by atoms with Gasteiger partial charge in [-0.3, -0.25) is 9.59 Å². The van der Waals surface area contributed by atoms with E-state index in [1.54, 1.807) is 12.1 Å². The van der Waals surface area contributed by atoms with Crippen molar-refractivity contribution in [1.29, 1.82) is 0 Å². The van der Waals surface area contributed by atoms with Crippen molar-refractivity contribution in [2.75, 3.05) is 6.54 Å². The van der Waals surface area contributed by atoms with Crippen LogP contribution in [0.15, 0.2) is 24.3 Å². The highest BCUT2D eigenvalue weighted by atomic mass is 16.4. The zero-order valence-electron chi connectivity index (χ0n) is 13.1. The number of aliphatic hydroxyl groups excluding tert-OH is 1. The number of carboxylic acid groups (broad SMARTS) is 1. The van der Waals surface area contributed by atoms with Gasteiger partial charge in [-0.1, -0.05) is 12.1 Å². The highest BCUT2D eigenvalue weighted by molar-refractivity contribution is 5.89. The van der Waals surface area contributed by atoms with Crippen molar-refractivity contribution in [3.05, 3.63) is 29.8 Å². The summed E-state index contributed by atoms with van der Waals surface area (Å²) in [7, 11) is 0. The molecule has 0 spiro atoms. The number of phenols is 1. The first-order chi connectivity index (χ1) is 11.2. The van der Waals surface area contributed by atoms with Gasteiger partial charge < -0.3 is 31.7 Å². The standard InChI is InChI=1S/C15H21N3O6/c1-8(19)13(15(23)24)18-12(21)7-17-14(22)11(16)6-9-2-4-10(20)5-3-9/h2-5,8,11,13,19-20H,6-7,16H2,1H3,(H,17,22)(H,18,21)(H,23,24). The molecule has 0 saturated heterocycles. The maximum Gasteiger partial charge on any atom is 0.328 e. The van der Waals surface area contributed by atoms with Crippen LogP contribution in [0.5, 0.6) is 5.75 Å². The number of aromatic hydroxyl groups is 1. The fraction of sp³-hybridized carbons (Fsp3) is 0.400. The fourth-order valence-corrected chi connectivity index (χ4v) is 1.89. The van der Waals surface area contributed by atoms with Crippen LogP contribution in [-0.2, 0) is 20.8 Å². The van der Waals surface area contributed by atoms with Gasteiger partial charge in [-0.25, -0.2) is 4.79 Å². The minimum Gasteiger partial charge on any atom is -0.508 e. The third-order valence-corrected chi connectivity index (χ3v) is 3.22. The van der Waals surface area contributed by atoms with Crippen molar-refractivity contribution in [3.63, 3.8) is 0 Å². The van der Waals surface area contributed by atoms with Gasteiger partial charge in [0.25, 0.3) is 0 Å². The van der Waals surface area contributed by atoms with E-state index >= 15 is 0 Å². The van der Waals surface area contributed by atoms with Crippen LogP contribution in [0.3, 0.4) is 0 Å². The molecule has 1 aromatic rings. The van der Waals surface area contributed by atoms with E-state index in [2.05, 4.69) is 10.6 Å². The number of nitrogens with one attached hydrogen (secondary N) is 2. The summed E-state index contributed by atoms with van der Waals surface area (Å²) in [6.45, 7) is 0.768. The first-order valence-corrected chi connectivity index (χ1v) is 7.22. The highest BCUT2D eigenvalue weighted by Crippen LogP contribution is 2.10. The molecule has 0 heterocycles. The molecule has 3 unspecified atom stereocenters. The molecule has 1 rings (SSSR count). The zero-order valence-corrected chi connectivity index (χ0v) is 13.1. The summed E-state index contributed by atoms with van der Waals surface area (Å²) in [5, 5.41) is 31.7. The molecule has 3 atom stereocenters. The summed E-state index contributed by atoms with van der Waals surface area (Å²) in [6, 6.07) is 3.81. The number of hydrogen-bond donors (Lipinski definition) is 6. The van der Waals surface area contributed by atoms with E-state index in [9.17, 15) is 24.6 Å². The molecule has 0 fully saturated rings. The second kappa shape index (κ2) is 8.85. The minimum absolute atomic E-state index is 0.0968. The number of aliphatic hydroxyl groups is 1. The fourth-order valence-electron chi connectivity index (χ4n) is 1.89. The maximum atomic E-state index is 11.8. The molecule has 0 saturated carbocycles. The monoisotopic (exact) mass is 339 g/mol. The number of amides is 2. The van der Waals surface area contributed by atoms with Gasteiger partial charge in [0.2, 0.25) is 11.8 Å². The molecule has 2 amide bonds. The van der Waals surface area contributed by atoms with E-state index in [0.29, 0.717) is 0 Å². The molecule has 0 bridgehead atoms. The van der Waals surface area contributed by atoms with Crippen LogP contribution in [0.2, 0.25) is 0 Å². The van der Waals surface area contributed by atoms with Crippen LogP contribution >= 0.6 is 0 Å². The topological polar surface area (TPSA) is 162 Å². The molecule has 9 heteroatoms. The van der Waals surface area contributed by atoms with E-state index < -0.39 is 42.5 Å². The summed E-state index contributed by atoms with van der Waals surface area (Å²) in [4.78, 5) is 34.3. The van der Waals surface area contributed by atoms with Gasteiger partial charge >= 0.3 is 5.97 Å². The van der Waals surface area contributed by atoms with Crippen LogP contribution in [0, 0.1) is 0 Å². The number of carbonyl (C=O) groups excluding carboxylic acids is 2. The largest absolute Gasteiger partial charge is 0.508 e. The second-order valence-corrected chi connectivity index (χ2v) is 5.32. The van der Waals surface area contributed by atoms with Crippen molar-refractivity contribution in [2.45, 2.75) is 31.5 Å². The molecule has 1 aromatic carbocycles. The van der Waals surface area contributed by atoms with Gasteiger partial charge in [0.1, 0.15) is 5.75 Å². The number of aliphatic carboxylic acids is 1. The third-order valence-electron chi connectivity index (χ3n) is 3.22. The summed E-state index contributed by atoms with van der Waals surface area (Å²) in [5.41, 5.74) is 6.47. The van der Waals surface area contributed by atoms with Crippen LogP contribution < -0.4 is 16.4 Å². The molecular formula is C15H21N3O6. The smallest absolute Gasteiger partial charge is 0.328 e. The SMILES string of the molecule is CC(O)C(NC(=O)CNC(=O)C(N)Cc1ccc(O)cc1)C(=O)O. The lowest BCUT2D eigenvalue weighted by molar-refractivity contribution is -0.144. The Morgan fingerprint density at radius 1 is 1.21 bits per heavy atom. The molecule has 0 aliphatic heterocycles. The van der Waals surface area contributed by atoms with E-state index in [1.807, 2.05) is 0 Å². The number of carboxylic acids is 1. The Hall–Kier alpha value is -2.65. The van der Waals surface area contributed by atoms with Gasteiger partial charge in [-0.05, 0) is 31.0 Å². The Labute approximate surface area is 138 Å². The van der Waals surface area contributed by atoms with Gasteiger partial charge in [0.15, 0.2) is 6.04 Å². The number of hydrogen-bond acceptors (Lipinski definition) is 6.